The summed E-state index contributed by atoms with van der Waals surface area (Å²) in [6.45, 7) is 5.27. The van der Waals surface area contributed by atoms with Gasteiger partial charge in [-0.3, -0.25) is 0 Å². The molecule has 0 aromatic heterocycles. The zero-order chi connectivity index (χ0) is 11.6. The monoisotopic (exact) mass is 212 g/mol. The number of halogens is 1. The molecule has 0 aliphatic heterocycles. The Morgan fingerprint density at radius 1 is 1.20 bits per heavy atom. The van der Waals surface area contributed by atoms with Crippen LogP contribution in [-0.2, 0) is 0 Å². The summed E-state index contributed by atoms with van der Waals surface area (Å²) in [4.78, 5) is 0. The maximum absolute atomic E-state index is 13.2. The number of aryl methyl sites for hydroxylation is 1. The molecule has 84 valence electrons. The standard InChI is InChI=1S/C12H17FO2/c1-7(2)11(14)12(15)9-5-4-8(3)10(13)6-9/h4-7,11-12,14-15H,1-3H3. The minimum absolute atomic E-state index is 0.0654. The third-order valence-corrected chi connectivity index (χ3v) is 2.54. The Morgan fingerprint density at radius 3 is 2.27 bits per heavy atom. The quantitative estimate of drug-likeness (QED) is 0.806. The highest BCUT2D eigenvalue weighted by Crippen LogP contribution is 2.23. The van der Waals surface area contributed by atoms with Crippen molar-refractivity contribution in [2.45, 2.75) is 33.0 Å². The van der Waals surface area contributed by atoms with Crippen LogP contribution in [0.5, 0.6) is 0 Å². The topological polar surface area (TPSA) is 40.5 Å². The summed E-state index contributed by atoms with van der Waals surface area (Å²) in [7, 11) is 0. The number of benzene rings is 1. The van der Waals surface area contributed by atoms with Crippen LogP contribution in [0.25, 0.3) is 0 Å². The van der Waals surface area contributed by atoms with E-state index in [0.717, 1.165) is 0 Å². The van der Waals surface area contributed by atoms with E-state index >= 15 is 0 Å². The van der Waals surface area contributed by atoms with Gasteiger partial charge in [-0.1, -0.05) is 26.0 Å². The lowest BCUT2D eigenvalue weighted by Gasteiger charge is -2.21. The third-order valence-electron chi connectivity index (χ3n) is 2.54. The first-order valence-electron chi connectivity index (χ1n) is 5.05. The van der Waals surface area contributed by atoms with Crippen LogP contribution in [0.1, 0.15) is 31.1 Å². The SMILES string of the molecule is Cc1ccc(C(O)C(O)C(C)C)cc1F. The van der Waals surface area contributed by atoms with Crippen LogP contribution in [0.2, 0.25) is 0 Å². The molecule has 0 amide bonds. The van der Waals surface area contributed by atoms with Crippen molar-refractivity contribution in [2.24, 2.45) is 5.92 Å². The first kappa shape index (κ1) is 12.1. The molecule has 0 heterocycles. The Balaban J connectivity index is 2.91. The Bertz CT molecular complexity index is 336. The van der Waals surface area contributed by atoms with E-state index in [2.05, 4.69) is 0 Å². The van der Waals surface area contributed by atoms with Crippen LogP contribution in [0.15, 0.2) is 18.2 Å². The molecule has 2 unspecified atom stereocenters. The van der Waals surface area contributed by atoms with Gasteiger partial charge in [0.2, 0.25) is 0 Å². The number of rotatable bonds is 3. The molecule has 0 fully saturated rings. The average Bonchev–Trinajstić information content (AvgIpc) is 2.19. The summed E-state index contributed by atoms with van der Waals surface area (Å²) in [6, 6.07) is 4.50. The van der Waals surface area contributed by atoms with Crippen LogP contribution in [0.4, 0.5) is 4.39 Å². The van der Waals surface area contributed by atoms with E-state index in [0.29, 0.717) is 11.1 Å². The van der Waals surface area contributed by atoms with Gasteiger partial charge in [0, 0.05) is 0 Å². The lowest BCUT2D eigenvalue weighted by Crippen LogP contribution is -2.24. The van der Waals surface area contributed by atoms with E-state index < -0.39 is 12.2 Å². The second-order valence-corrected chi connectivity index (χ2v) is 4.19. The molecule has 1 aromatic rings. The van der Waals surface area contributed by atoms with E-state index in [-0.39, 0.29) is 11.7 Å². The highest BCUT2D eigenvalue weighted by Gasteiger charge is 2.21. The fraction of sp³-hybridized carbons (Fsp3) is 0.500. The van der Waals surface area contributed by atoms with Crippen molar-refractivity contribution in [3.63, 3.8) is 0 Å². The maximum Gasteiger partial charge on any atom is 0.126 e. The van der Waals surface area contributed by atoms with Crippen molar-refractivity contribution in [3.05, 3.63) is 35.1 Å². The summed E-state index contributed by atoms with van der Waals surface area (Å²) in [6.07, 6.45) is -1.90. The summed E-state index contributed by atoms with van der Waals surface area (Å²) < 4.78 is 13.2. The molecule has 1 aromatic carbocycles. The molecule has 0 spiro atoms. The third kappa shape index (κ3) is 2.76. The second-order valence-electron chi connectivity index (χ2n) is 4.19. The van der Waals surface area contributed by atoms with E-state index in [1.807, 2.05) is 0 Å². The molecule has 3 heteroatoms. The first-order chi connectivity index (χ1) is 6.93. The minimum Gasteiger partial charge on any atom is -0.390 e. The van der Waals surface area contributed by atoms with Gasteiger partial charge in [0.05, 0.1) is 6.10 Å². The summed E-state index contributed by atoms with van der Waals surface area (Å²) in [5.74, 6) is -0.424. The van der Waals surface area contributed by atoms with Gasteiger partial charge in [0.1, 0.15) is 11.9 Å². The van der Waals surface area contributed by atoms with Crippen molar-refractivity contribution in [1.82, 2.24) is 0 Å². The van der Waals surface area contributed by atoms with Gasteiger partial charge in [-0.25, -0.2) is 4.39 Å². The van der Waals surface area contributed by atoms with E-state index in [4.69, 9.17) is 0 Å². The first-order valence-corrected chi connectivity index (χ1v) is 5.05. The second kappa shape index (κ2) is 4.73. The molecule has 0 aliphatic carbocycles. The lowest BCUT2D eigenvalue weighted by molar-refractivity contribution is -0.00953. The zero-order valence-corrected chi connectivity index (χ0v) is 9.24. The molecule has 2 nitrogen and oxygen atoms in total. The molecule has 2 atom stereocenters. The Morgan fingerprint density at radius 2 is 1.80 bits per heavy atom. The predicted octanol–water partition coefficient (Wildman–Crippen LogP) is 2.18. The molecule has 15 heavy (non-hydrogen) atoms. The molecule has 1 rings (SSSR count). The Labute approximate surface area is 89.4 Å². The lowest BCUT2D eigenvalue weighted by atomic mass is 9.95. The van der Waals surface area contributed by atoms with Gasteiger partial charge in [-0.05, 0) is 30.0 Å². The van der Waals surface area contributed by atoms with Crippen LogP contribution in [-0.4, -0.2) is 16.3 Å². The maximum atomic E-state index is 13.2. The largest absolute Gasteiger partial charge is 0.390 e. The van der Waals surface area contributed by atoms with Crippen LogP contribution in [0.3, 0.4) is 0 Å². The average molecular weight is 212 g/mol. The number of hydrogen-bond donors (Lipinski definition) is 2. The van der Waals surface area contributed by atoms with Crippen molar-refractivity contribution in [3.8, 4) is 0 Å². The zero-order valence-electron chi connectivity index (χ0n) is 9.24. The number of aliphatic hydroxyl groups excluding tert-OH is 2. The summed E-state index contributed by atoms with van der Waals surface area (Å²) in [5.41, 5.74) is 0.948. The van der Waals surface area contributed by atoms with Crippen molar-refractivity contribution in [2.75, 3.05) is 0 Å². The van der Waals surface area contributed by atoms with Gasteiger partial charge < -0.3 is 10.2 Å². The van der Waals surface area contributed by atoms with Crippen LogP contribution >= 0.6 is 0 Å². The number of hydrogen-bond acceptors (Lipinski definition) is 2. The van der Waals surface area contributed by atoms with E-state index in [1.165, 1.54) is 6.07 Å². The highest BCUT2D eigenvalue weighted by molar-refractivity contribution is 5.25. The molecule has 0 aliphatic rings. The molecule has 0 saturated heterocycles. The van der Waals surface area contributed by atoms with Gasteiger partial charge >= 0.3 is 0 Å². The minimum atomic E-state index is -1.03. The smallest absolute Gasteiger partial charge is 0.126 e. The van der Waals surface area contributed by atoms with Gasteiger partial charge in [-0.2, -0.15) is 0 Å². The van der Waals surface area contributed by atoms with Crippen molar-refractivity contribution in [1.29, 1.82) is 0 Å². The summed E-state index contributed by atoms with van der Waals surface area (Å²) in [5, 5.41) is 19.4. The van der Waals surface area contributed by atoms with Crippen molar-refractivity contribution >= 4 is 0 Å². The Kier molecular flexibility index (Phi) is 3.83. The van der Waals surface area contributed by atoms with Gasteiger partial charge in [0.15, 0.2) is 0 Å². The fourth-order valence-electron chi connectivity index (χ4n) is 1.35. The van der Waals surface area contributed by atoms with E-state index in [9.17, 15) is 14.6 Å². The van der Waals surface area contributed by atoms with Crippen LogP contribution in [0, 0.1) is 18.7 Å². The predicted molar refractivity (Wildman–Crippen MR) is 56.9 cm³/mol. The van der Waals surface area contributed by atoms with Gasteiger partial charge in [0.25, 0.3) is 0 Å². The number of aliphatic hydroxyl groups is 2. The molecular formula is C12H17FO2. The molecule has 2 N–H and O–H groups in total. The van der Waals surface area contributed by atoms with Gasteiger partial charge in [-0.15, -0.1) is 0 Å². The van der Waals surface area contributed by atoms with E-state index in [1.54, 1.807) is 32.9 Å². The summed E-state index contributed by atoms with van der Waals surface area (Å²) >= 11 is 0. The Hall–Kier alpha value is -0.930. The normalized spacial score (nSPS) is 15.4. The fourth-order valence-corrected chi connectivity index (χ4v) is 1.35. The molecular weight excluding hydrogens is 195 g/mol. The molecule has 0 saturated carbocycles. The van der Waals surface area contributed by atoms with Crippen molar-refractivity contribution < 1.29 is 14.6 Å². The highest BCUT2D eigenvalue weighted by atomic mass is 19.1. The molecule has 0 radical (unpaired) electrons. The van der Waals surface area contributed by atoms with Crippen LogP contribution < -0.4 is 0 Å². The molecule has 0 bridgehead atoms.